The fraction of sp³-hybridized carbons (Fsp3) is 0.846. The van der Waals surface area contributed by atoms with Crippen LogP contribution in [0.3, 0.4) is 0 Å². The first-order chi connectivity index (χ1) is 6.32. The topological polar surface area (TPSA) is 3.24 Å². The molecule has 0 aromatic heterocycles. The Hall–Kier alpha value is -0.0300. The van der Waals surface area contributed by atoms with Crippen LogP contribution in [0.15, 0.2) is 12.3 Å². The summed E-state index contributed by atoms with van der Waals surface area (Å²) in [6, 6.07) is 0. The number of allylic oxidation sites excluding steroid dienone is 1. The lowest BCUT2D eigenvalue weighted by Gasteiger charge is -2.50. The van der Waals surface area contributed by atoms with Crippen molar-refractivity contribution in [2.24, 2.45) is 10.8 Å². The predicted molar refractivity (Wildman–Crippen MR) is 73.9 cm³/mol. The van der Waals surface area contributed by atoms with Gasteiger partial charge in [0.15, 0.2) is 0 Å². The number of nitrogens with zero attached hydrogens (tertiary/aromatic N) is 1. The van der Waals surface area contributed by atoms with Crippen molar-refractivity contribution in [3.05, 3.63) is 12.3 Å². The van der Waals surface area contributed by atoms with Gasteiger partial charge in [0.2, 0.25) is 0 Å². The van der Waals surface area contributed by atoms with Gasteiger partial charge in [-0.2, -0.15) is 0 Å². The van der Waals surface area contributed by atoms with E-state index >= 15 is 0 Å². The Morgan fingerprint density at radius 3 is 1.53 bits per heavy atom. The molecule has 0 spiro atoms. The third kappa shape index (κ3) is 3.21. The lowest BCUT2D eigenvalue weighted by Crippen LogP contribution is -2.49. The van der Waals surface area contributed by atoms with Crippen molar-refractivity contribution in [3.8, 4) is 0 Å². The molecule has 0 aromatic carbocycles. The molecule has 2 unspecified atom stereocenters. The summed E-state index contributed by atoms with van der Waals surface area (Å²) in [5.74, 6) is 0. The van der Waals surface area contributed by atoms with Crippen molar-refractivity contribution in [2.75, 3.05) is 7.05 Å². The van der Waals surface area contributed by atoms with E-state index in [-0.39, 0.29) is 16.1 Å². The Bertz CT molecular complexity index is 240. The molecular formula is C13H28NP. The number of hydrogen-bond donors (Lipinski definition) is 0. The van der Waals surface area contributed by atoms with Gasteiger partial charge in [-0.25, -0.2) is 0 Å². The van der Waals surface area contributed by atoms with E-state index in [0.717, 1.165) is 0 Å². The van der Waals surface area contributed by atoms with E-state index in [2.05, 4.69) is 76.2 Å². The maximum Gasteiger partial charge on any atom is 0.0553 e. The van der Waals surface area contributed by atoms with Gasteiger partial charge >= 0.3 is 0 Å². The van der Waals surface area contributed by atoms with Crippen molar-refractivity contribution < 1.29 is 0 Å². The van der Waals surface area contributed by atoms with Crippen molar-refractivity contribution >= 4 is 9.24 Å². The second-order valence-electron chi connectivity index (χ2n) is 6.65. The van der Waals surface area contributed by atoms with E-state index in [1.54, 1.807) is 0 Å². The summed E-state index contributed by atoms with van der Waals surface area (Å²) >= 11 is 0. The standard InChI is InChI=1S/C13H28NP/c1-10(11(2,3)4)14(9)13(8,15)12(5,6)7/h1,15H2,2-9H3. The molecule has 0 amide bonds. The Kier molecular flexibility index (Phi) is 4.08. The third-order valence-electron chi connectivity index (χ3n) is 3.49. The smallest absolute Gasteiger partial charge is 0.0553 e. The van der Waals surface area contributed by atoms with Crippen molar-refractivity contribution in [1.29, 1.82) is 0 Å². The first-order valence-electron chi connectivity index (χ1n) is 5.54. The fourth-order valence-electron chi connectivity index (χ4n) is 1.29. The molecule has 0 radical (unpaired) electrons. The van der Waals surface area contributed by atoms with E-state index < -0.39 is 0 Å². The van der Waals surface area contributed by atoms with Crippen LogP contribution in [0.25, 0.3) is 0 Å². The van der Waals surface area contributed by atoms with Crippen LogP contribution in [0.5, 0.6) is 0 Å². The summed E-state index contributed by atoms with van der Waals surface area (Å²) < 4.78 is 0. The summed E-state index contributed by atoms with van der Waals surface area (Å²) in [4.78, 5) is 2.29. The fourth-order valence-corrected chi connectivity index (χ4v) is 1.44. The minimum Gasteiger partial charge on any atom is -0.369 e. The van der Waals surface area contributed by atoms with Crippen LogP contribution in [0.2, 0.25) is 0 Å². The average molecular weight is 229 g/mol. The van der Waals surface area contributed by atoms with Crippen molar-refractivity contribution in [2.45, 2.75) is 53.7 Å². The van der Waals surface area contributed by atoms with Crippen molar-refractivity contribution in [3.63, 3.8) is 0 Å². The number of hydrogen-bond acceptors (Lipinski definition) is 1. The number of rotatable bonds is 2. The van der Waals surface area contributed by atoms with Crippen LogP contribution in [0.1, 0.15) is 48.5 Å². The molecule has 0 aliphatic heterocycles. The zero-order valence-corrected chi connectivity index (χ0v) is 12.9. The molecule has 0 fully saturated rings. The van der Waals surface area contributed by atoms with Crippen LogP contribution in [0, 0.1) is 10.8 Å². The molecular weight excluding hydrogens is 201 g/mol. The van der Waals surface area contributed by atoms with Gasteiger partial charge in [-0.1, -0.05) is 48.1 Å². The minimum atomic E-state index is 0.0252. The average Bonchev–Trinajstić information content (AvgIpc) is 1.97. The summed E-state index contributed by atoms with van der Waals surface area (Å²) in [6.07, 6.45) is 0. The molecule has 0 aromatic rings. The zero-order valence-electron chi connectivity index (χ0n) is 11.7. The molecule has 90 valence electrons. The highest BCUT2D eigenvalue weighted by atomic mass is 31.0. The Morgan fingerprint density at radius 2 is 1.33 bits per heavy atom. The van der Waals surface area contributed by atoms with Crippen LogP contribution in [-0.2, 0) is 0 Å². The third-order valence-corrected chi connectivity index (χ3v) is 4.74. The van der Waals surface area contributed by atoms with E-state index in [1.165, 1.54) is 5.70 Å². The quantitative estimate of drug-likeness (QED) is 0.644. The van der Waals surface area contributed by atoms with Crippen LogP contribution in [0.4, 0.5) is 0 Å². The first-order valence-corrected chi connectivity index (χ1v) is 6.11. The molecule has 2 atom stereocenters. The highest BCUT2D eigenvalue weighted by molar-refractivity contribution is 7.18. The molecule has 15 heavy (non-hydrogen) atoms. The van der Waals surface area contributed by atoms with Gasteiger partial charge in [-0.05, 0) is 12.3 Å². The second kappa shape index (κ2) is 4.09. The first kappa shape index (κ1) is 15.0. The molecule has 0 N–H and O–H groups in total. The minimum absolute atomic E-state index is 0.0252. The van der Waals surface area contributed by atoms with Crippen LogP contribution in [-0.4, -0.2) is 17.2 Å². The Morgan fingerprint density at radius 1 is 1.00 bits per heavy atom. The monoisotopic (exact) mass is 229 g/mol. The van der Waals surface area contributed by atoms with Gasteiger partial charge in [-0.15, -0.1) is 9.24 Å². The zero-order chi connectivity index (χ0) is 12.7. The maximum atomic E-state index is 4.22. The molecule has 0 saturated heterocycles. The normalized spacial score (nSPS) is 17.1. The maximum absolute atomic E-state index is 4.22. The molecule has 0 aliphatic rings. The van der Waals surface area contributed by atoms with Crippen LogP contribution < -0.4 is 0 Å². The van der Waals surface area contributed by atoms with Gasteiger partial charge in [-0.3, -0.25) is 0 Å². The highest BCUT2D eigenvalue weighted by Gasteiger charge is 2.39. The van der Waals surface area contributed by atoms with Gasteiger partial charge in [0.1, 0.15) is 0 Å². The van der Waals surface area contributed by atoms with Gasteiger partial charge < -0.3 is 4.90 Å². The largest absolute Gasteiger partial charge is 0.369 e. The summed E-state index contributed by atoms with van der Waals surface area (Å²) in [5, 5.41) is 0.0252. The molecule has 0 rings (SSSR count). The van der Waals surface area contributed by atoms with E-state index in [0.29, 0.717) is 0 Å². The van der Waals surface area contributed by atoms with Gasteiger partial charge in [0.25, 0.3) is 0 Å². The molecule has 1 nitrogen and oxygen atoms in total. The second-order valence-corrected chi connectivity index (χ2v) is 7.78. The molecule has 0 aliphatic carbocycles. The summed E-state index contributed by atoms with van der Waals surface area (Å²) in [5.41, 5.74) is 1.49. The Labute approximate surface area is 98.5 Å². The van der Waals surface area contributed by atoms with E-state index in [4.69, 9.17) is 0 Å². The van der Waals surface area contributed by atoms with E-state index in [9.17, 15) is 0 Å². The molecule has 0 heterocycles. The predicted octanol–water partition coefficient (Wildman–Crippen LogP) is 4.12. The Balaban J connectivity index is 5.03. The highest BCUT2D eigenvalue weighted by Crippen LogP contribution is 2.44. The summed E-state index contributed by atoms with van der Waals surface area (Å²) in [7, 11) is 5.10. The summed E-state index contributed by atoms with van der Waals surface area (Å²) in [6.45, 7) is 19.8. The van der Waals surface area contributed by atoms with Crippen LogP contribution >= 0.6 is 9.24 Å². The SMILES string of the molecule is C=C(N(C)C(C)(P)C(C)(C)C)C(C)(C)C. The van der Waals surface area contributed by atoms with Crippen molar-refractivity contribution in [1.82, 2.24) is 4.90 Å². The lowest BCUT2D eigenvalue weighted by atomic mass is 9.83. The lowest BCUT2D eigenvalue weighted by molar-refractivity contribution is 0.119. The molecule has 2 heteroatoms. The molecule has 0 saturated carbocycles. The van der Waals surface area contributed by atoms with Gasteiger partial charge in [0, 0.05) is 18.2 Å². The van der Waals surface area contributed by atoms with E-state index in [1.807, 2.05) is 0 Å². The molecule has 0 bridgehead atoms. The van der Waals surface area contributed by atoms with Gasteiger partial charge in [0.05, 0.1) is 5.28 Å².